The maximum absolute atomic E-state index is 11.2. The molecule has 23 heavy (non-hydrogen) atoms. The van der Waals surface area contributed by atoms with Crippen LogP contribution in [0.2, 0.25) is 0 Å². The van der Waals surface area contributed by atoms with Gasteiger partial charge in [-0.05, 0) is 64.4 Å². The Bertz CT molecular complexity index is 738. The average Bonchev–Trinajstić information content (AvgIpc) is 2.55. The van der Waals surface area contributed by atoms with Gasteiger partial charge in [-0.15, -0.1) is 0 Å². The van der Waals surface area contributed by atoms with Crippen LogP contribution in [0.3, 0.4) is 0 Å². The third kappa shape index (κ3) is 4.20. The number of rotatable bonds is 4. The van der Waals surface area contributed by atoms with E-state index >= 15 is 0 Å². The van der Waals surface area contributed by atoms with Gasteiger partial charge in [-0.3, -0.25) is 4.79 Å². The monoisotopic (exact) mass is 325 g/mol. The van der Waals surface area contributed by atoms with E-state index in [4.69, 9.17) is 4.74 Å². The number of aryl methyl sites for hydroxylation is 2. The lowest BCUT2D eigenvalue weighted by Crippen LogP contribution is -2.21. The Kier molecular flexibility index (Phi) is 4.78. The van der Waals surface area contributed by atoms with Crippen molar-refractivity contribution >= 4 is 14.6 Å². The summed E-state index contributed by atoms with van der Waals surface area (Å²) in [5.74, 6) is 1.74. The molecule has 1 heterocycles. The molecule has 1 aliphatic rings. The molecule has 3 rings (SSSR count). The molecule has 0 bridgehead atoms. The van der Waals surface area contributed by atoms with Gasteiger partial charge in [-0.2, -0.15) is 0 Å². The number of benzene rings is 2. The summed E-state index contributed by atoms with van der Waals surface area (Å²) in [4.78, 5) is 11.2. The molecule has 0 spiro atoms. The molecule has 1 aliphatic heterocycles. The Morgan fingerprint density at radius 3 is 2.61 bits per heavy atom. The average molecular weight is 325 g/mol. The molecule has 1 amide bonds. The second-order valence-electron chi connectivity index (χ2n) is 5.82. The fourth-order valence-electron chi connectivity index (χ4n) is 2.44. The van der Waals surface area contributed by atoms with Crippen LogP contribution in [0.15, 0.2) is 54.6 Å². The standard InChI is InChI=1S/C19H20NO2P/c1-13-3-7-16(8-4-13)22-18-12-15(6-5-14(18)2)11-17-9-10-19(21)20-23-17/h3-10,12,17,23H,11H2,1-2H3,(H,20,21). The van der Waals surface area contributed by atoms with Crippen molar-refractivity contribution < 1.29 is 9.53 Å². The molecule has 0 aliphatic carbocycles. The zero-order valence-electron chi connectivity index (χ0n) is 13.3. The fourth-order valence-corrected chi connectivity index (χ4v) is 3.39. The van der Waals surface area contributed by atoms with Gasteiger partial charge in [0.2, 0.25) is 5.91 Å². The minimum atomic E-state index is 0.00637. The molecule has 2 aromatic carbocycles. The van der Waals surface area contributed by atoms with Crippen molar-refractivity contribution in [1.82, 2.24) is 5.09 Å². The van der Waals surface area contributed by atoms with Gasteiger partial charge in [-0.25, -0.2) is 0 Å². The maximum atomic E-state index is 11.2. The number of carbonyl (C=O) groups is 1. The van der Waals surface area contributed by atoms with Crippen molar-refractivity contribution in [2.75, 3.05) is 0 Å². The molecule has 118 valence electrons. The lowest BCUT2D eigenvalue weighted by Gasteiger charge is -2.18. The van der Waals surface area contributed by atoms with Gasteiger partial charge in [0.05, 0.1) is 0 Å². The zero-order chi connectivity index (χ0) is 16.2. The van der Waals surface area contributed by atoms with Gasteiger partial charge in [0.25, 0.3) is 0 Å². The lowest BCUT2D eigenvalue weighted by molar-refractivity contribution is -0.114. The largest absolute Gasteiger partial charge is 0.457 e. The Balaban J connectivity index is 1.75. The molecule has 0 radical (unpaired) electrons. The first-order valence-electron chi connectivity index (χ1n) is 7.68. The first kappa shape index (κ1) is 15.8. The van der Waals surface area contributed by atoms with Crippen LogP contribution in [-0.4, -0.2) is 11.6 Å². The van der Waals surface area contributed by atoms with Gasteiger partial charge in [0, 0.05) is 5.66 Å². The Hall–Kier alpha value is -2.12. The Morgan fingerprint density at radius 2 is 1.91 bits per heavy atom. The molecule has 2 unspecified atom stereocenters. The van der Waals surface area contributed by atoms with Gasteiger partial charge >= 0.3 is 0 Å². The second-order valence-corrected chi connectivity index (χ2v) is 7.10. The van der Waals surface area contributed by atoms with Crippen LogP contribution in [0.1, 0.15) is 16.7 Å². The predicted octanol–water partition coefficient (Wildman–Crippen LogP) is 4.29. The molecule has 0 saturated carbocycles. The molecule has 1 N–H and O–H groups in total. The third-order valence-electron chi connectivity index (χ3n) is 3.82. The van der Waals surface area contributed by atoms with E-state index in [-0.39, 0.29) is 5.91 Å². The van der Waals surface area contributed by atoms with E-state index in [0.29, 0.717) is 14.4 Å². The van der Waals surface area contributed by atoms with E-state index in [2.05, 4.69) is 37.1 Å². The molecule has 0 saturated heterocycles. The van der Waals surface area contributed by atoms with E-state index in [1.54, 1.807) is 6.08 Å². The summed E-state index contributed by atoms with van der Waals surface area (Å²) in [5, 5.41) is 2.89. The molecular weight excluding hydrogens is 305 g/mol. The zero-order valence-corrected chi connectivity index (χ0v) is 14.3. The summed E-state index contributed by atoms with van der Waals surface area (Å²) in [6, 6.07) is 14.4. The number of carbonyl (C=O) groups excluding carboxylic acids is 1. The van der Waals surface area contributed by atoms with Crippen LogP contribution in [0, 0.1) is 13.8 Å². The topological polar surface area (TPSA) is 38.3 Å². The van der Waals surface area contributed by atoms with Gasteiger partial charge in [0.1, 0.15) is 11.5 Å². The third-order valence-corrected chi connectivity index (χ3v) is 4.98. The van der Waals surface area contributed by atoms with Crippen molar-refractivity contribution in [3.05, 3.63) is 71.3 Å². The molecule has 4 heteroatoms. The highest BCUT2D eigenvalue weighted by molar-refractivity contribution is 7.38. The highest BCUT2D eigenvalue weighted by Gasteiger charge is 2.13. The van der Waals surface area contributed by atoms with Crippen molar-refractivity contribution in [3.63, 3.8) is 0 Å². The van der Waals surface area contributed by atoms with E-state index < -0.39 is 0 Å². The highest BCUT2D eigenvalue weighted by atomic mass is 31.1. The summed E-state index contributed by atoms with van der Waals surface area (Å²) in [7, 11) is 0.438. The van der Waals surface area contributed by atoms with Gasteiger partial charge < -0.3 is 9.82 Å². The molecular formula is C19H20NO2P. The molecule has 2 atom stereocenters. The van der Waals surface area contributed by atoms with E-state index in [1.807, 2.05) is 30.3 Å². The Labute approximate surface area is 138 Å². The number of amides is 1. The maximum Gasteiger partial charge on any atom is 0.246 e. The number of nitrogens with one attached hydrogen (secondary N) is 1. The van der Waals surface area contributed by atoms with Gasteiger partial charge in [0.15, 0.2) is 0 Å². The molecule has 2 aromatic rings. The SMILES string of the molecule is Cc1ccc(Oc2cc(CC3C=CC(=O)NP3)ccc2C)cc1. The van der Waals surface area contributed by atoms with Crippen LogP contribution in [0.25, 0.3) is 0 Å². The van der Waals surface area contributed by atoms with Crippen LogP contribution in [0.5, 0.6) is 11.5 Å². The summed E-state index contributed by atoms with van der Waals surface area (Å²) in [6.45, 7) is 4.11. The number of ether oxygens (including phenoxy) is 1. The first-order chi connectivity index (χ1) is 11.1. The number of hydrogen-bond donors (Lipinski definition) is 1. The second kappa shape index (κ2) is 6.97. The van der Waals surface area contributed by atoms with Crippen molar-refractivity contribution in [3.8, 4) is 11.5 Å². The van der Waals surface area contributed by atoms with Crippen LogP contribution in [-0.2, 0) is 11.2 Å². The van der Waals surface area contributed by atoms with E-state index in [9.17, 15) is 4.79 Å². The van der Waals surface area contributed by atoms with Crippen LogP contribution in [0.4, 0.5) is 0 Å². The molecule has 0 fully saturated rings. The van der Waals surface area contributed by atoms with Crippen molar-refractivity contribution in [2.24, 2.45) is 0 Å². The van der Waals surface area contributed by atoms with Crippen molar-refractivity contribution in [1.29, 1.82) is 0 Å². The minimum absolute atomic E-state index is 0.00637. The number of hydrogen-bond acceptors (Lipinski definition) is 2. The summed E-state index contributed by atoms with van der Waals surface area (Å²) in [6.07, 6.45) is 4.52. The summed E-state index contributed by atoms with van der Waals surface area (Å²) in [5.41, 5.74) is 3.91. The molecule has 0 aromatic heterocycles. The minimum Gasteiger partial charge on any atom is -0.457 e. The first-order valence-corrected chi connectivity index (χ1v) is 8.75. The van der Waals surface area contributed by atoms with E-state index in [1.165, 1.54) is 11.1 Å². The van der Waals surface area contributed by atoms with Gasteiger partial charge in [-0.1, -0.05) is 35.9 Å². The van der Waals surface area contributed by atoms with Crippen LogP contribution < -0.4 is 9.82 Å². The van der Waals surface area contributed by atoms with Crippen molar-refractivity contribution in [2.45, 2.75) is 25.9 Å². The summed E-state index contributed by atoms with van der Waals surface area (Å²) < 4.78 is 6.03. The number of allylic oxidation sites excluding steroid dienone is 1. The predicted molar refractivity (Wildman–Crippen MR) is 95.5 cm³/mol. The normalized spacial score (nSPS) is 18.0. The summed E-state index contributed by atoms with van der Waals surface area (Å²) >= 11 is 0. The lowest BCUT2D eigenvalue weighted by atomic mass is 10.1. The molecule has 3 nitrogen and oxygen atoms in total. The van der Waals surface area contributed by atoms with Crippen LogP contribution >= 0.6 is 8.73 Å². The fraction of sp³-hybridized carbons (Fsp3) is 0.211. The quantitative estimate of drug-likeness (QED) is 0.852. The highest BCUT2D eigenvalue weighted by Crippen LogP contribution is 2.29. The smallest absolute Gasteiger partial charge is 0.246 e. The Morgan fingerprint density at radius 1 is 1.13 bits per heavy atom. The van der Waals surface area contributed by atoms with E-state index in [0.717, 1.165) is 23.5 Å².